The molecule has 0 bridgehead atoms. The zero-order valence-electron chi connectivity index (χ0n) is 27.8. The van der Waals surface area contributed by atoms with Gasteiger partial charge in [0.25, 0.3) is 0 Å². The van der Waals surface area contributed by atoms with Crippen LogP contribution in [-0.2, 0) is 25.7 Å². The SMILES string of the molecule is C=CC[C@H](NC(=O)OC(C)(C)C)c1nc(-c2ccc(NC(=O)OC)cc2N[C@](C)(CC=C)C(=O)O)cn1COCC[Si](C)(C)C. The molecule has 0 spiro atoms. The number of rotatable bonds is 16. The number of nitrogens with one attached hydrogen (secondary N) is 3. The highest BCUT2D eigenvalue weighted by atomic mass is 28.3. The van der Waals surface area contributed by atoms with Crippen LogP contribution in [0.25, 0.3) is 11.3 Å². The van der Waals surface area contributed by atoms with E-state index in [0.29, 0.717) is 41.5 Å². The summed E-state index contributed by atoms with van der Waals surface area (Å²) in [4.78, 5) is 42.0. The summed E-state index contributed by atoms with van der Waals surface area (Å²) in [6, 6.07) is 5.35. The standard InChI is InChI=1S/C32H49N5O7Si/c1-11-13-24(35-30(41)44-31(3,4)5)27-34-26(20-37(27)21-43-17-18-45(8,9)10)23-15-14-22(33-29(40)42-7)19-25(23)36-32(6,16-12-2)28(38)39/h11-12,14-15,19-20,24,36H,1-2,13,16-18,21H2,3-10H3,(H,33,40)(H,35,41)(H,38,39)/t24-,32+/m0/s1. The van der Waals surface area contributed by atoms with Gasteiger partial charge >= 0.3 is 18.2 Å². The van der Waals surface area contributed by atoms with E-state index in [1.165, 1.54) is 13.2 Å². The number of methoxy groups -OCH3 is 1. The van der Waals surface area contributed by atoms with Gasteiger partial charge in [-0.25, -0.2) is 19.4 Å². The molecular formula is C32H49N5O7Si. The van der Waals surface area contributed by atoms with E-state index in [4.69, 9.17) is 19.2 Å². The van der Waals surface area contributed by atoms with Gasteiger partial charge in [0, 0.05) is 37.8 Å². The summed E-state index contributed by atoms with van der Waals surface area (Å²) in [7, 11) is -0.0917. The number of ether oxygens (including phenoxy) is 3. The number of carbonyl (C=O) groups is 3. The Morgan fingerprint density at radius 1 is 1.11 bits per heavy atom. The molecular weight excluding hydrogens is 594 g/mol. The zero-order chi connectivity index (χ0) is 34.0. The van der Waals surface area contributed by atoms with Crippen molar-refractivity contribution >= 4 is 37.6 Å². The van der Waals surface area contributed by atoms with Gasteiger partial charge in [0.2, 0.25) is 0 Å². The molecule has 2 rings (SSSR count). The van der Waals surface area contributed by atoms with E-state index in [9.17, 15) is 19.5 Å². The van der Waals surface area contributed by atoms with Crippen LogP contribution in [0.5, 0.6) is 0 Å². The van der Waals surface area contributed by atoms with E-state index >= 15 is 0 Å². The van der Waals surface area contributed by atoms with Gasteiger partial charge in [0.1, 0.15) is 23.7 Å². The first-order valence-corrected chi connectivity index (χ1v) is 18.5. The summed E-state index contributed by atoms with van der Waals surface area (Å²) < 4.78 is 18.1. The highest BCUT2D eigenvalue weighted by Crippen LogP contribution is 2.34. The lowest BCUT2D eigenvalue weighted by atomic mass is 9.96. The number of alkyl carbamates (subject to hydrolysis) is 1. The average molecular weight is 644 g/mol. The maximum Gasteiger partial charge on any atom is 0.411 e. The molecule has 13 heteroatoms. The van der Waals surface area contributed by atoms with Crippen LogP contribution in [0.3, 0.4) is 0 Å². The van der Waals surface area contributed by atoms with Gasteiger partial charge in [-0.15, -0.1) is 13.2 Å². The summed E-state index contributed by atoms with van der Waals surface area (Å²) in [5.41, 5.74) is -0.311. The lowest BCUT2D eigenvalue weighted by Gasteiger charge is -2.27. The van der Waals surface area contributed by atoms with Gasteiger partial charge in [0.05, 0.1) is 18.8 Å². The summed E-state index contributed by atoms with van der Waals surface area (Å²) in [5.74, 6) is -0.590. The molecule has 12 nitrogen and oxygen atoms in total. The van der Waals surface area contributed by atoms with Crippen molar-refractivity contribution in [1.82, 2.24) is 14.9 Å². The Labute approximate surface area is 267 Å². The van der Waals surface area contributed by atoms with Crippen LogP contribution < -0.4 is 16.0 Å². The molecule has 0 unspecified atom stereocenters. The molecule has 1 heterocycles. The van der Waals surface area contributed by atoms with Gasteiger partial charge in [-0.05, 0) is 64.8 Å². The second kappa shape index (κ2) is 15.8. The molecule has 2 amide bonds. The van der Waals surface area contributed by atoms with E-state index in [1.54, 1.807) is 58.2 Å². The first kappa shape index (κ1) is 37.1. The highest BCUT2D eigenvalue weighted by molar-refractivity contribution is 6.76. The van der Waals surface area contributed by atoms with Gasteiger partial charge < -0.3 is 34.5 Å². The quantitative estimate of drug-likeness (QED) is 0.0859. The normalized spacial score (nSPS) is 13.6. The van der Waals surface area contributed by atoms with Crippen molar-refractivity contribution in [2.24, 2.45) is 0 Å². The molecule has 0 fully saturated rings. The summed E-state index contributed by atoms with van der Waals surface area (Å²) in [6.07, 6.45) is 4.17. The molecule has 0 aliphatic carbocycles. The summed E-state index contributed by atoms with van der Waals surface area (Å²) in [6.45, 7) is 22.0. The molecule has 0 saturated carbocycles. The summed E-state index contributed by atoms with van der Waals surface area (Å²) >= 11 is 0. The molecule has 2 atom stereocenters. The second-order valence-electron chi connectivity index (χ2n) is 13.2. The Balaban J connectivity index is 2.67. The Bertz CT molecular complexity index is 1360. The van der Waals surface area contributed by atoms with E-state index in [0.717, 1.165) is 6.04 Å². The van der Waals surface area contributed by atoms with E-state index in [1.807, 2.05) is 4.57 Å². The molecule has 4 N–H and O–H groups in total. The number of imidazole rings is 1. The molecule has 1 aromatic carbocycles. The monoisotopic (exact) mass is 643 g/mol. The van der Waals surface area contributed by atoms with Crippen molar-refractivity contribution in [3.8, 4) is 11.3 Å². The number of hydrogen-bond donors (Lipinski definition) is 4. The molecule has 248 valence electrons. The minimum absolute atomic E-state index is 0.113. The van der Waals surface area contributed by atoms with E-state index < -0.39 is 43.4 Å². The zero-order valence-corrected chi connectivity index (χ0v) is 28.8. The third-order valence-corrected chi connectivity index (χ3v) is 8.31. The van der Waals surface area contributed by atoms with Crippen LogP contribution in [0.4, 0.5) is 21.0 Å². The number of amides is 2. The number of nitrogens with zero attached hydrogens (tertiary/aromatic N) is 2. The largest absolute Gasteiger partial charge is 0.480 e. The Hall–Kier alpha value is -4.10. The van der Waals surface area contributed by atoms with E-state index in [-0.39, 0.29) is 13.2 Å². The van der Waals surface area contributed by atoms with Gasteiger partial charge in [-0.1, -0.05) is 31.8 Å². The predicted octanol–water partition coefficient (Wildman–Crippen LogP) is 7.01. The van der Waals surface area contributed by atoms with E-state index in [2.05, 4.69) is 48.7 Å². The van der Waals surface area contributed by atoms with Crippen LogP contribution in [0, 0.1) is 0 Å². The number of hydrogen-bond acceptors (Lipinski definition) is 8. The molecule has 0 aliphatic heterocycles. The molecule has 45 heavy (non-hydrogen) atoms. The van der Waals surface area contributed by atoms with Gasteiger partial charge in [-0.3, -0.25) is 5.32 Å². The maximum absolute atomic E-state index is 12.8. The van der Waals surface area contributed by atoms with Crippen molar-refractivity contribution in [2.75, 3.05) is 24.4 Å². The van der Waals surface area contributed by atoms with Crippen molar-refractivity contribution in [3.63, 3.8) is 0 Å². The number of aromatic nitrogens is 2. The average Bonchev–Trinajstić information content (AvgIpc) is 3.33. The van der Waals surface area contributed by atoms with Gasteiger partial charge in [-0.2, -0.15) is 0 Å². The van der Waals surface area contributed by atoms with Crippen LogP contribution in [0.15, 0.2) is 49.7 Å². The first-order chi connectivity index (χ1) is 20.9. The fraction of sp³-hybridized carbons (Fsp3) is 0.500. The van der Waals surface area contributed by atoms with Crippen LogP contribution >= 0.6 is 0 Å². The van der Waals surface area contributed by atoms with Crippen molar-refractivity contribution in [1.29, 1.82) is 0 Å². The molecule has 0 radical (unpaired) electrons. The molecule has 2 aromatic rings. The number of aliphatic carboxylic acids is 1. The number of benzene rings is 1. The molecule has 1 aromatic heterocycles. The first-order valence-electron chi connectivity index (χ1n) is 14.8. The second-order valence-corrected chi connectivity index (χ2v) is 18.8. The Kier molecular flexibility index (Phi) is 13.0. The topological polar surface area (TPSA) is 153 Å². The van der Waals surface area contributed by atoms with Crippen LogP contribution in [-0.4, -0.2) is 65.7 Å². The number of carboxylic acid groups (broad SMARTS) is 1. The highest BCUT2D eigenvalue weighted by Gasteiger charge is 2.33. The number of carboxylic acids is 1. The number of carbonyl (C=O) groups excluding carboxylic acids is 2. The molecule has 0 aliphatic rings. The number of anilines is 2. The fourth-order valence-corrected chi connectivity index (χ4v) is 4.98. The predicted molar refractivity (Wildman–Crippen MR) is 179 cm³/mol. The Morgan fingerprint density at radius 3 is 2.36 bits per heavy atom. The lowest BCUT2D eigenvalue weighted by Crippen LogP contribution is -2.43. The van der Waals surface area contributed by atoms with Gasteiger partial charge in [0.15, 0.2) is 0 Å². The summed E-state index contributed by atoms with van der Waals surface area (Å²) in [5, 5.41) is 18.7. The third-order valence-electron chi connectivity index (χ3n) is 6.60. The van der Waals surface area contributed by atoms with Crippen molar-refractivity contribution in [2.45, 2.75) is 90.1 Å². The fourth-order valence-electron chi connectivity index (χ4n) is 4.22. The van der Waals surface area contributed by atoms with Crippen LogP contribution in [0.2, 0.25) is 25.7 Å². The Morgan fingerprint density at radius 2 is 1.80 bits per heavy atom. The van der Waals surface area contributed by atoms with Crippen molar-refractivity contribution < 1.29 is 33.7 Å². The minimum Gasteiger partial charge on any atom is -0.480 e. The third kappa shape index (κ3) is 11.7. The van der Waals surface area contributed by atoms with Crippen LogP contribution in [0.1, 0.15) is 52.4 Å². The lowest BCUT2D eigenvalue weighted by molar-refractivity contribution is -0.141. The van der Waals surface area contributed by atoms with Crippen molar-refractivity contribution in [3.05, 3.63) is 55.5 Å². The molecule has 0 saturated heterocycles. The minimum atomic E-state index is -1.42. The maximum atomic E-state index is 12.8. The smallest absolute Gasteiger partial charge is 0.411 e.